The highest BCUT2D eigenvalue weighted by atomic mass is 16.3. The summed E-state index contributed by atoms with van der Waals surface area (Å²) in [6, 6.07) is 32.0. The van der Waals surface area contributed by atoms with Crippen LogP contribution in [0.3, 0.4) is 0 Å². The first-order valence-corrected chi connectivity index (χ1v) is 14.1. The highest BCUT2D eigenvalue weighted by Gasteiger charge is 2.20. The lowest BCUT2D eigenvalue weighted by atomic mass is 9.85. The summed E-state index contributed by atoms with van der Waals surface area (Å²) >= 11 is 0. The molecule has 1 aromatic heterocycles. The monoisotopic (exact) mass is 554 g/mol. The molecule has 0 amide bonds. The maximum atomic E-state index is 9.28. The minimum absolute atomic E-state index is 0.153. The maximum Gasteiger partial charge on any atom is 0.143 e. The van der Waals surface area contributed by atoms with Crippen molar-refractivity contribution in [1.82, 2.24) is 0 Å². The number of fused-ring (bicyclic) bond motifs is 6. The van der Waals surface area contributed by atoms with Gasteiger partial charge in [0, 0.05) is 21.9 Å². The number of rotatable bonds is 3. The molecule has 9 aromatic rings. The number of hydrogen-bond donors (Lipinski definition) is 0. The zero-order valence-electron chi connectivity index (χ0n) is 30.8. The Hall–Kier alpha value is -5.66. The molecule has 0 atom stereocenters. The molecule has 0 saturated carbocycles. The third-order valence-corrected chi connectivity index (χ3v) is 8.30. The molecule has 0 aliphatic heterocycles. The Kier molecular flexibility index (Phi) is 3.80. The predicted molar refractivity (Wildman–Crippen MR) is 183 cm³/mol. The number of benzene rings is 8. The van der Waals surface area contributed by atoms with Crippen molar-refractivity contribution in [1.29, 1.82) is 0 Å². The van der Waals surface area contributed by atoms with Gasteiger partial charge in [0.2, 0.25) is 0 Å². The summed E-state index contributed by atoms with van der Waals surface area (Å²) in [6.07, 6.45) is 0. The van der Waals surface area contributed by atoms with E-state index in [9.17, 15) is 5.48 Å². The molecule has 1 heterocycles. The molecule has 0 radical (unpaired) electrons. The van der Waals surface area contributed by atoms with Gasteiger partial charge in [-0.25, -0.2) is 0 Å². The van der Waals surface area contributed by atoms with Gasteiger partial charge in [0.15, 0.2) is 0 Å². The van der Waals surface area contributed by atoms with Gasteiger partial charge in [-0.05, 0) is 66.7 Å². The summed E-state index contributed by atoms with van der Waals surface area (Å²) in [5, 5.41) is 4.49. The molecule has 8 aromatic carbocycles. The summed E-state index contributed by atoms with van der Waals surface area (Å²) < 4.78 is 78.5. The minimum Gasteiger partial charge on any atom is -0.455 e. The molecule has 0 saturated heterocycles. The topological polar surface area (TPSA) is 13.1 Å². The smallest absolute Gasteiger partial charge is 0.143 e. The molecule has 1 nitrogen and oxygen atoms in total. The van der Waals surface area contributed by atoms with Gasteiger partial charge < -0.3 is 4.42 Å². The van der Waals surface area contributed by atoms with Crippen molar-refractivity contribution in [3.05, 3.63) is 158 Å². The van der Waals surface area contributed by atoms with Gasteiger partial charge in [-0.1, -0.05) is 145 Å². The van der Waals surface area contributed by atoms with Crippen LogP contribution < -0.4 is 0 Å². The average Bonchev–Trinajstić information content (AvgIpc) is 3.55. The Balaban J connectivity index is 1.44. The Morgan fingerprint density at radius 3 is 1.74 bits per heavy atom. The van der Waals surface area contributed by atoms with E-state index in [1.165, 1.54) is 0 Å². The molecule has 0 unspecified atom stereocenters. The first-order valence-electron chi connectivity index (χ1n) is 18.1. The van der Waals surface area contributed by atoms with Gasteiger partial charge in [-0.15, -0.1) is 0 Å². The van der Waals surface area contributed by atoms with Crippen LogP contribution in [-0.4, -0.2) is 0 Å². The van der Waals surface area contributed by atoms with Crippen LogP contribution in [0.5, 0.6) is 0 Å². The van der Waals surface area contributed by atoms with E-state index < -0.39 is 24.2 Å². The number of para-hydroxylation sites is 2. The highest BCUT2D eigenvalue weighted by molar-refractivity contribution is 6.24. The van der Waals surface area contributed by atoms with E-state index in [1.807, 2.05) is 78.9 Å². The van der Waals surface area contributed by atoms with Crippen LogP contribution in [0.25, 0.3) is 87.6 Å². The van der Waals surface area contributed by atoms with E-state index in [0.29, 0.717) is 27.9 Å². The van der Waals surface area contributed by atoms with E-state index in [1.54, 1.807) is 6.07 Å². The van der Waals surface area contributed by atoms with Crippen LogP contribution in [0.2, 0.25) is 0 Å². The van der Waals surface area contributed by atoms with Crippen LogP contribution >= 0.6 is 0 Å². The Morgan fingerprint density at radius 1 is 0.419 bits per heavy atom. The van der Waals surface area contributed by atoms with E-state index in [-0.39, 0.29) is 51.3 Å². The first kappa shape index (κ1) is 17.3. The van der Waals surface area contributed by atoms with Gasteiger partial charge in [0.25, 0.3) is 0 Å². The summed E-state index contributed by atoms with van der Waals surface area (Å²) in [6.45, 7) is 0. The van der Waals surface area contributed by atoms with E-state index >= 15 is 0 Å². The molecule has 0 aliphatic carbocycles. The van der Waals surface area contributed by atoms with Crippen LogP contribution in [-0.2, 0) is 0 Å². The Labute approximate surface area is 260 Å². The summed E-state index contributed by atoms with van der Waals surface area (Å²) in [5.41, 5.74) is 4.59. The molecule has 0 N–H and O–H groups in total. The van der Waals surface area contributed by atoms with Crippen LogP contribution in [0.15, 0.2) is 162 Å². The molecule has 200 valence electrons. The van der Waals surface area contributed by atoms with E-state index in [0.717, 1.165) is 32.7 Å². The molecule has 0 fully saturated rings. The maximum absolute atomic E-state index is 9.28. The fourth-order valence-electron chi connectivity index (χ4n) is 6.33. The molecule has 0 bridgehead atoms. The minimum atomic E-state index is -0.441. The summed E-state index contributed by atoms with van der Waals surface area (Å²) in [5.74, 6) is 0. The molecular formula is C42H26O. The summed E-state index contributed by atoms with van der Waals surface area (Å²) in [4.78, 5) is 0. The zero-order chi connectivity index (χ0) is 35.3. The normalized spacial score (nSPS) is 14.3. The Morgan fingerprint density at radius 2 is 1.00 bits per heavy atom. The highest BCUT2D eigenvalue weighted by Crippen LogP contribution is 2.46. The molecular weight excluding hydrogens is 520 g/mol. The molecule has 1 heteroatoms. The lowest BCUT2D eigenvalue weighted by Gasteiger charge is -2.18. The van der Waals surface area contributed by atoms with Crippen molar-refractivity contribution >= 4 is 54.3 Å². The van der Waals surface area contributed by atoms with Gasteiger partial charge in [0.1, 0.15) is 11.2 Å². The second kappa shape index (κ2) is 9.44. The SMILES string of the molecule is [2H]c1c([2H])c([2H])c2c(-c3cccc4c3oc3ccccc34)c3c([2H])c([2H])c([2H])c([2H])c3c(-c3ccc(-c4ccc5ccccc5c4)cc3)c2c1[2H]. The Bertz CT molecular complexity index is 2860. The van der Waals surface area contributed by atoms with Crippen molar-refractivity contribution in [2.75, 3.05) is 0 Å². The van der Waals surface area contributed by atoms with Crippen molar-refractivity contribution in [3.63, 3.8) is 0 Å². The quantitative estimate of drug-likeness (QED) is 0.198. The predicted octanol–water partition coefficient (Wildman–Crippen LogP) is 12.0. The van der Waals surface area contributed by atoms with E-state index in [2.05, 4.69) is 24.3 Å². The second-order valence-electron chi connectivity index (χ2n) is 10.7. The van der Waals surface area contributed by atoms with Crippen LogP contribution in [0, 0.1) is 0 Å². The third kappa shape index (κ3) is 3.72. The number of furan rings is 1. The molecule has 43 heavy (non-hydrogen) atoms. The second-order valence-corrected chi connectivity index (χ2v) is 10.7. The fourth-order valence-corrected chi connectivity index (χ4v) is 6.33. The lowest BCUT2D eigenvalue weighted by molar-refractivity contribution is 0.670. The largest absolute Gasteiger partial charge is 0.455 e. The summed E-state index contributed by atoms with van der Waals surface area (Å²) in [7, 11) is 0. The standard InChI is InChI=1S/C42H26O/c1-2-11-30-26-31(25-22-27(30)10-1)28-20-23-29(24-21-28)40-33-13-3-5-15-35(33)41(36-16-6-4-14-34(36)40)38-18-9-17-37-32-12-7-8-19-39(32)43-42(37)38/h1-26H/i3D,4D,5D,6D,13D,14D,15D,16D. The van der Waals surface area contributed by atoms with Gasteiger partial charge >= 0.3 is 0 Å². The molecule has 0 spiro atoms. The van der Waals surface area contributed by atoms with Crippen LogP contribution in [0.4, 0.5) is 0 Å². The van der Waals surface area contributed by atoms with Gasteiger partial charge in [0.05, 0.1) is 11.0 Å². The van der Waals surface area contributed by atoms with Gasteiger partial charge in [-0.2, -0.15) is 0 Å². The third-order valence-electron chi connectivity index (χ3n) is 8.30. The fraction of sp³-hybridized carbons (Fsp3) is 0. The lowest BCUT2D eigenvalue weighted by Crippen LogP contribution is -1.91. The zero-order valence-corrected chi connectivity index (χ0v) is 22.8. The number of hydrogen-bond acceptors (Lipinski definition) is 1. The van der Waals surface area contributed by atoms with Crippen molar-refractivity contribution in [2.45, 2.75) is 0 Å². The van der Waals surface area contributed by atoms with E-state index in [4.69, 9.17) is 9.90 Å². The van der Waals surface area contributed by atoms with Crippen molar-refractivity contribution in [3.8, 4) is 33.4 Å². The molecule has 9 rings (SSSR count). The van der Waals surface area contributed by atoms with Gasteiger partial charge in [-0.3, -0.25) is 0 Å². The first-order chi connectivity index (χ1) is 24.7. The van der Waals surface area contributed by atoms with Crippen molar-refractivity contribution in [2.24, 2.45) is 0 Å². The van der Waals surface area contributed by atoms with Crippen LogP contribution in [0.1, 0.15) is 11.0 Å². The van der Waals surface area contributed by atoms with Crippen molar-refractivity contribution < 1.29 is 15.4 Å². The molecule has 0 aliphatic rings. The average molecular weight is 555 g/mol.